The number of hydrogen-bond acceptors (Lipinski definition) is 4. The second kappa shape index (κ2) is 4.11. The van der Waals surface area contributed by atoms with Gasteiger partial charge >= 0.3 is 0 Å². The van der Waals surface area contributed by atoms with Crippen molar-refractivity contribution in [3.05, 3.63) is 29.3 Å². The van der Waals surface area contributed by atoms with E-state index in [2.05, 4.69) is 11.4 Å². The van der Waals surface area contributed by atoms with Crippen LogP contribution in [0.25, 0.3) is 0 Å². The van der Waals surface area contributed by atoms with Crippen LogP contribution in [0.2, 0.25) is 0 Å². The van der Waals surface area contributed by atoms with Crippen molar-refractivity contribution in [3.8, 4) is 6.07 Å². The highest BCUT2D eigenvalue weighted by Crippen LogP contribution is 2.24. The van der Waals surface area contributed by atoms with Gasteiger partial charge in [-0.25, -0.2) is 0 Å². The molecule has 4 nitrogen and oxygen atoms in total. The molecule has 2 rings (SSSR count). The molecule has 0 bridgehead atoms. The molecule has 0 unspecified atom stereocenters. The number of nitrogens with zero attached hydrogens (tertiary/aromatic N) is 2. The summed E-state index contributed by atoms with van der Waals surface area (Å²) < 4.78 is 0. The molecule has 4 heteroatoms. The summed E-state index contributed by atoms with van der Waals surface area (Å²) in [6.45, 7) is 2.41. The summed E-state index contributed by atoms with van der Waals surface area (Å²) in [7, 11) is 0. The Morgan fingerprint density at radius 2 is 2.40 bits per heavy atom. The summed E-state index contributed by atoms with van der Waals surface area (Å²) in [6, 6.07) is 7.32. The largest absolute Gasteiger partial charge is 0.356 e. The minimum Gasteiger partial charge on any atom is -0.356 e. The highest BCUT2D eigenvalue weighted by molar-refractivity contribution is 5.87. The molecule has 1 aromatic carbocycles. The maximum atomic E-state index is 10.9. The fourth-order valence-electron chi connectivity index (χ4n) is 1.80. The molecule has 1 aliphatic heterocycles. The van der Waals surface area contributed by atoms with Gasteiger partial charge in [0.25, 0.3) is 0 Å². The highest BCUT2D eigenvalue weighted by atomic mass is 16.1. The molecule has 1 fully saturated rings. The van der Waals surface area contributed by atoms with Crippen molar-refractivity contribution in [2.24, 2.45) is 0 Å². The van der Waals surface area contributed by atoms with E-state index in [1.807, 2.05) is 4.90 Å². The van der Waals surface area contributed by atoms with E-state index in [0.717, 1.165) is 25.1 Å². The van der Waals surface area contributed by atoms with Crippen LogP contribution in [0, 0.1) is 11.3 Å². The molecule has 0 amide bonds. The first-order chi connectivity index (χ1) is 7.36. The number of hydrogen-bond donors (Lipinski definition) is 1. The average molecular weight is 201 g/mol. The van der Waals surface area contributed by atoms with Crippen LogP contribution in [-0.4, -0.2) is 26.0 Å². The summed E-state index contributed by atoms with van der Waals surface area (Å²) >= 11 is 0. The van der Waals surface area contributed by atoms with Gasteiger partial charge in [0, 0.05) is 18.7 Å². The standard InChI is InChI=1S/C11H11N3O/c12-6-9-2-1-3-10(7-15)11(9)14-5-4-13-8-14/h1-3,7,13H,4-5,8H2. The summed E-state index contributed by atoms with van der Waals surface area (Å²) in [5.74, 6) is 0. The van der Waals surface area contributed by atoms with Crippen LogP contribution in [0.4, 0.5) is 5.69 Å². The quantitative estimate of drug-likeness (QED) is 0.717. The Kier molecular flexibility index (Phi) is 2.66. The summed E-state index contributed by atoms with van der Waals surface area (Å²) in [5, 5.41) is 12.2. The van der Waals surface area contributed by atoms with Gasteiger partial charge in [-0.05, 0) is 12.1 Å². The molecule has 15 heavy (non-hydrogen) atoms. The van der Waals surface area contributed by atoms with Gasteiger partial charge in [0.1, 0.15) is 6.07 Å². The second-order valence-corrected chi connectivity index (χ2v) is 3.39. The van der Waals surface area contributed by atoms with Crippen molar-refractivity contribution in [1.29, 1.82) is 5.26 Å². The Morgan fingerprint density at radius 1 is 1.53 bits per heavy atom. The van der Waals surface area contributed by atoms with E-state index in [1.54, 1.807) is 18.2 Å². The van der Waals surface area contributed by atoms with Crippen LogP contribution in [-0.2, 0) is 0 Å². The number of rotatable bonds is 2. The topological polar surface area (TPSA) is 56.1 Å². The van der Waals surface area contributed by atoms with Crippen LogP contribution in [0.15, 0.2) is 18.2 Å². The van der Waals surface area contributed by atoms with Crippen molar-refractivity contribution in [2.45, 2.75) is 0 Å². The third-order valence-electron chi connectivity index (χ3n) is 2.49. The van der Waals surface area contributed by atoms with Crippen molar-refractivity contribution >= 4 is 12.0 Å². The molecule has 0 aromatic heterocycles. The lowest BCUT2D eigenvalue weighted by Gasteiger charge is -2.19. The molecular formula is C11H11N3O. The van der Waals surface area contributed by atoms with Crippen molar-refractivity contribution in [1.82, 2.24) is 5.32 Å². The number of benzene rings is 1. The number of nitriles is 1. The van der Waals surface area contributed by atoms with Crippen LogP contribution in [0.5, 0.6) is 0 Å². The van der Waals surface area contributed by atoms with Gasteiger partial charge in [-0.15, -0.1) is 0 Å². The fourth-order valence-corrected chi connectivity index (χ4v) is 1.80. The van der Waals surface area contributed by atoms with E-state index < -0.39 is 0 Å². The Hall–Kier alpha value is -1.86. The van der Waals surface area contributed by atoms with E-state index in [4.69, 9.17) is 5.26 Å². The predicted molar refractivity (Wildman–Crippen MR) is 56.8 cm³/mol. The number of carbonyl (C=O) groups is 1. The Bertz CT molecular complexity index is 416. The zero-order chi connectivity index (χ0) is 10.7. The number of aldehydes is 1. The van der Waals surface area contributed by atoms with E-state index in [0.29, 0.717) is 17.8 Å². The first-order valence-corrected chi connectivity index (χ1v) is 4.81. The zero-order valence-electron chi connectivity index (χ0n) is 8.23. The summed E-state index contributed by atoms with van der Waals surface area (Å²) in [5.41, 5.74) is 1.89. The smallest absolute Gasteiger partial charge is 0.152 e. The molecule has 0 radical (unpaired) electrons. The van der Waals surface area contributed by atoms with Gasteiger partial charge in [-0.3, -0.25) is 10.1 Å². The SMILES string of the molecule is N#Cc1cccc(C=O)c1N1CCNC1. The van der Waals surface area contributed by atoms with Crippen LogP contribution in [0.3, 0.4) is 0 Å². The Labute approximate surface area is 88.1 Å². The van der Waals surface area contributed by atoms with Gasteiger partial charge < -0.3 is 4.90 Å². The van der Waals surface area contributed by atoms with E-state index in [1.165, 1.54) is 0 Å². The highest BCUT2D eigenvalue weighted by Gasteiger charge is 2.18. The second-order valence-electron chi connectivity index (χ2n) is 3.39. The monoisotopic (exact) mass is 201 g/mol. The van der Waals surface area contributed by atoms with Gasteiger partial charge in [0.15, 0.2) is 6.29 Å². The normalized spacial score (nSPS) is 15.0. The zero-order valence-corrected chi connectivity index (χ0v) is 8.23. The molecule has 0 aliphatic carbocycles. The number of nitrogens with one attached hydrogen (secondary N) is 1. The van der Waals surface area contributed by atoms with E-state index >= 15 is 0 Å². The molecule has 1 heterocycles. The Morgan fingerprint density at radius 3 is 3.00 bits per heavy atom. The third kappa shape index (κ3) is 1.69. The van der Waals surface area contributed by atoms with Crippen molar-refractivity contribution in [3.63, 3.8) is 0 Å². The molecule has 1 saturated heterocycles. The Balaban J connectivity index is 2.50. The molecule has 1 aliphatic rings. The number of anilines is 1. The maximum absolute atomic E-state index is 10.9. The van der Waals surface area contributed by atoms with E-state index in [-0.39, 0.29) is 0 Å². The van der Waals surface area contributed by atoms with Crippen LogP contribution < -0.4 is 10.2 Å². The lowest BCUT2D eigenvalue weighted by molar-refractivity contribution is 0.112. The van der Waals surface area contributed by atoms with Gasteiger partial charge in [0.2, 0.25) is 0 Å². The molecule has 1 N–H and O–H groups in total. The van der Waals surface area contributed by atoms with Crippen LogP contribution >= 0.6 is 0 Å². The number of para-hydroxylation sites is 1. The van der Waals surface area contributed by atoms with Crippen LogP contribution in [0.1, 0.15) is 15.9 Å². The average Bonchev–Trinajstić information content (AvgIpc) is 2.81. The first-order valence-electron chi connectivity index (χ1n) is 4.81. The van der Waals surface area contributed by atoms with Gasteiger partial charge in [-0.2, -0.15) is 5.26 Å². The lowest BCUT2D eigenvalue weighted by atomic mass is 10.1. The summed E-state index contributed by atoms with van der Waals surface area (Å²) in [4.78, 5) is 12.9. The molecule has 0 spiro atoms. The predicted octanol–water partition coefficient (Wildman–Crippen LogP) is 0.738. The molecular weight excluding hydrogens is 190 g/mol. The third-order valence-corrected chi connectivity index (χ3v) is 2.49. The van der Waals surface area contributed by atoms with Gasteiger partial charge in [-0.1, -0.05) is 6.07 Å². The molecule has 0 saturated carbocycles. The minimum atomic E-state index is 0.559. The number of carbonyl (C=O) groups excluding carboxylic acids is 1. The molecule has 76 valence electrons. The van der Waals surface area contributed by atoms with Crippen molar-refractivity contribution < 1.29 is 4.79 Å². The first kappa shape index (κ1) is 9.69. The molecule has 0 atom stereocenters. The lowest BCUT2D eigenvalue weighted by Crippen LogP contribution is -2.23. The maximum Gasteiger partial charge on any atom is 0.152 e. The fraction of sp³-hybridized carbons (Fsp3) is 0.273. The van der Waals surface area contributed by atoms with Gasteiger partial charge in [0.05, 0.1) is 17.9 Å². The minimum absolute atomic E-state index is 0.559. The van der Waals surface area contributed by atoms with Crippen molar-refractivity contribution in [2.75, 3.05) is 24.7 Å². The summed E-state index contributed by atoms with van der Waals surface area (Å²) in [6.07, 6.45) is 0.800. The molecule has 1 aromatic rings. The van der Waals surface area contributed by atoms with E-state index in [9.17, 15) is 4.79 Å².